The van der Waals surface area contributed by atoms with E-state index in [1.807, 2.05) is 37.3 Å². The van der Waals surface area contributed by atoms with Gasteiger partial charge in [-0.25, -0.2) is 4.98 Å². The highest BCUT2D eigenvalue weighted by Crippen LogP contribution is 2.30. The third kappa shape index (κ3) is 4.05. The van der Waals surface area contributed by atoms with Gasteiger partial charge in [-0.1, -0.05) is 29.0 Å². The zero-order valence-corrected chi connectivity index (χ0v) is 15.1. The lowest BCUT2D eigenvalue weighted by molar-refractivity contribution is -0.113. The first-order valence-electron chi connectivity index (χ1n) is 7.07. The summed E-state index contributed by atoms with van der Waals surface area (Å²) in [6, 6.07) is 11.6. The fraction of sp³-hybridized carbons (Fsp3) is 0.176. The van der Waals surface area contributed by atoms with Crippen LogP contribution in [0.5, 0.6) is 0 Å². The fourth-order valence-corrected chi connectivity index (χ4v) is 4.02. The van der Waals surface area contributed by atoms with Crippen LogP contribution in [0.4, 0.5) is 5.13 Å². The molecule has 0 saturated heterocycles. The summed E-state index contributed by atoms with van der Waals surface area (Å²) in [5.41, 5.74) is 3.30. The molecule has 0 unspecified atom stereocenters. The molecule has 1 N–H and O–H groups in total. The van der Waals surface area contributed by atoms with E-state index < -0.39 is 0 Å². The van der Waals surface area contributed by atoms with E-state index in [9.17, 15) is 4.79 Å². The molecule has 0 radical (unpaired) electrons. The molecule has 6 heteroatoms. The van der Waals surface area contributed by atoms with Crippen molar-refractivity contribution in [3.63, 3.8) is 0 Å². The molecular weight excluding hydrogens is 348 g/mol. The van der Waals surface area contributed by atoms with Crippen LogP contribution < -0.4 is 5.32 Å². The van der Waals surface area contributed by atoms with Crippen LogP contribution in [0.25, 0.3) is 10.2 Å². The molecule has 3 aromatic rings. The predicted octanol–water partition coefficient (Wildman–Crippen LogP) is 5.30. The number of nitrogens with zero attached hydrogens (tertiary/aromatic N) is 1. The summed E-state index contributed by atoms with van der Waals surface area (Å²) < 4.78 is 1.12. The minimum absolute atomic E-state index is 0.0571. The maximum atomic E-state index is 12.1. The molecule has 3 nitrogen and oxygen atoms in total. The van der Waals surface area contributed by atoms with Crippen molar-refractivity contribution in [1.29, 1.82) is 0 Å². The molecule has 1 aromatic heterocycles. The van der Waals surface area contributed by atoms with E-state index in [2.05, 4.69) is 23.3 Å². The summed E-state index contributed by atoms with van der Waals surface area (Å²) in [6.07, 6.45) is 0. The number of halogens is 1. The predicted molar refractivity (Wildman–Crippen MR) is 99.9 cm³/mol. The molecule has 1 heterocycles. The minimum Gasteiger partial charge on any atom is -0.301 e. The molecule has 1 amide bonds. The van der Waals surface area contributed by atoms with Crippen molar-refractivity contribution in [2.75, 3.05) is 11.1 Å². The first kappa shape index (κ1) is 16.3. The summed E-state index contributed by atoms with van der Waals surface area (Å²) in [5.74, 6) is 0.286. The highest BCUT2D eigenvalue weighted by Gasteiger charge is 2.10. The van der Waals surface area contributed by atoms with Crippen LogP contribution >= 0.6 is 34.7 Å². The second-order valence-corrected chi connectivity index (χ2v) is 7.72. The summed E-state index contributed by atoms with van der Waals surface area (Å²) >= 11 is 8.84. The SMILES string of the molecule is Cc1cc(C)c2sc(NC(=O)CSc3ccc(Cl)cc3)nc2c1. The number of rotatable bonds is 4. The Labute approximate surface area is 148 Å². The highest BCUT2D eigenvalue weighted by atomic mass is 35.5. The summed E-state index contributed by atoms with van der Waals surface area (Å²) in [7, 11) is 0. The molecular formula is C17H15ClN2OS2. The van der Waals surface area contributed by atoms with Crippen LogP contribution in [-0.4, -0.2) is 16.6 Å². The number of hydrogen-bond acceptors (Lipinski definition) is 4. The van der Waals surface area contributed by atoms with Gasteiger partial charge < -0.3 is 5.32 Å². The molecule has 0 aliphatic rings. The standard InChI is InChI=1S/C17H15ClN2OS2/c1-10-7-11(2)16-14(8-10)19-17(23-16)20-15(21)9-22-13-5-3-12(18)4-6-13/h3-8H,9H2,1-2H3,(H,19,20,21). The molecule has 118 valence electrons. The Kier molecular flexibility index (Phi) is 4.90. The second-order valence-electron chi connectivity index (χ2n) is 5.24. The Balaban J connectivity index is 1.65. The smallest absolute Gasteiger partial charge is 0.236 e. The lowest BCUT2D eigenvalue weighted by Gasteiger charge is -2.02. The van der Waals surface area contributed by atoms with Gasteiger partial charge in [0.05, 0.1) is 16.0 Å². The normalized spacial score (nSPS) is 10.9. The Morgan fingerprint density at radius 3 is 2.74 bits per heavy atom. The number of benzene rings is 2. The quantitative estimate of drug-likeness (QED) is 0.640. The number of hydrogen-bond donors (Lipinski definition) is 1. The van der Waals surface area contributed by atoms with Gasteiger partial charge in [-0.2, -0.15) is 0 Å². The van der Waals surface area contributed by atoms with Crippen molar-refractivity contribution in [3.8, 4) is 0 Å². The summed E-state index contributed by atoms with van der Waals surface area (Å²) in [5, 5.41) is 4.22. The van der Waals surface area contributed by atoms with Crippen molar-refractivity contribution in [2.24, 2.45) is 0 Å². The van der Waals surface area contributed by atoms with Gasteiger partial charge in [0.2, 0.25) is 5.91 Å². The Hall–Kier alpha value is -1.56. The molecule has 23 heavy (non-hydrogen) atoms. The van der Waals surface area contributed by atoms with E-state index >= 15 is 0 Å². The zero-order chi connectivity index (χ0) is 16.4. The van der Waals surface area contributed by atoms with E-state index in [-0.39, 0.29) is 5.91 Å². The summed E-state index contributed by atoms with van der Waals surface area (Å²) in [6.45, 7) is 4.11. The Bertz CT molecular complexity index is 859. The third-order valence-electron chi connectivity index (χ3n) is 3.25. The van der Waals surface area contributed by atoms with Crippen molar-refractivity contribution >= 4 is 56.0 Å². The van der Waals surface area contributed by atoms with Crippen LogP contribution in [-0.2, 0) is 4.79 Å². The number of anilines is 1. The maximum absolute atomic E-state index is 12.1. The highest BCUT2D eigenvalue weighted by molar-refractivity contribution is 8.00. The van der Waals surface area contributed by atoms with Crippen LogP contribution in [0.1, 0.15) is 11.1 Å². The van der Waals surface area contributed by atoms with Crippen LogP contribution in [0.2, 0.25) is 5.02 Å². The van der Waals surface area contributed by atoms with E-state index in [0.29, 0.717) is 15.9 Å². The third-order valence-corrected chi connectivity index (χ3v) is 5.64. The zero-order valence-electron chi connectivity index (χ0n) is 12.7. The van der Waals surface area contributed by atoms with Gasteiger partial charge in [-0.05, 0) is 55.3 Å². The molecule has 0 aliphatic carbocycles. The number of amides is 1. The first-order valence-corrected chi connectivity index (χ1v) is 9.25. The fourth-order valence-electron chi connectivity index (χ4n) is 2.27. The monoisotopic (exact) mass is 362 g/mol. The van der Waals surface area contributed by atoms with Gasteiger partial charge in [0.25, 0.3) is 0 Å². The minimum atomic E-state index is -0.0571. The molecule has 0 spiro atoms. The molecule has 0 saturated carbocycles. The average molecular weight is 363 g/mol. The van der Waals surface area contributed by atoms with Gasteiger partial charge in [0.1, 0.15) is 0 Å². The van der Waals surface area contributed by atoms with Gasteiger partial charge in [0.15, 0.2) is 5.13 Å². The maximum Gasteiger partial charge on any atom is 0.236 e. The van der Waals surface area contributed by atoms with Crippen molar-refractivity contribution in [2.45, 2.75) is 18.7 Å². The van der Waals surface area contributed by atoms with Crippen LogP contribution in [0.3, 0.4) is 0 Å². The van der Waals surface area contributed by atoms with E-state index in [1.165, 1.54) is 34.2 Å². The first-order chi connectivity index (χ1) is 11.0. The number of thiazole rings is 1. The second kappa shape index (κ2) is 6.91. The Morgan fingerprint density at radius 2 is 2.00 bits per heavy atom. The van der Waals surface area contributed by atoms with E-state index in [1.54, 1.807) is 0 Å². The molecule has 2 aromatic carbocycles. The molecule has 0 bridgehead atoms. The Morgan fingerprint density at radius 1 is 1.26 bits per heavy atom. The molecule has 0 atom stereocenters. The summed E-state index contributed by atoms with van der Waals surface area (Å²) in [4.78, 5) is 17.6. The van der Waals surface area contributed by atoms with Crippen molar-refractivity contribution in [1.82, 2.24) is 4.98 Å². The lowest BCUT2D eigenvalue weighted by Crippen LogP contribution is -2.13. The van der Waals surface area contributed by atoms with Gasteiger partial charge in [0, 0.05) is 9.92 Å². The van der Waals surface area contributed by atoms with Gasteiger partial charge in [-0.3, -0.25) is 4.79 Å². The largest absolute Gasteiger partial charge is 0.301 e. The van der Waals surface area contributed by atoms with E-state index in [0.717, 1.165) is 15.1 Å². The molecule has 3 rings (SSSR count). The number of fused-ring (bicyclic) bond motifs is 1. The lowest BCUT2D eigenvalue weighted by atomic mass is 10.1. The van der Waals surface area contributed by atoms with Crippen LogP contribution in [0.15, 0.2) is 41.3 Å². The average Bonchev–Trinajstić information content (AvgIpc) is 2.89. The number of aromatic nitrogens is 1. The number of aryl methyl sites for hydroxylation is 2. The number of carbonyl (C=O) groups is 1. The van der Waals surface area contributed by atoms with Crippen LogP contribution in [0, 0.1) is 13.8 Å². The molecule has 0 aliphatic heterocycles. The van der Waals surface area contributed by atoms with Gasteiger partial charge >= 0.3 is 0 Å². The van der Waals surface area contributed by atoms with Crippen molar-refractivity contribution < 1.29 is 4.79 Å². The van der Waals surface area contributed by atoms with Crippen molar-refractivity contribution in [3.05, 3.63) is 52.5 Å². The topological polar surface area (TPSA) is 42.0 Å². The number of carbonyl (C=O) groups excluding carboxylic acids is 1. The van der Waals surface area contributed by atoms with E-state index in [4.69, 9.17) is 11.6 Å². The number of thioether (sulfide) groups is 1. The molecule has 0 fully saturated rings. The van der Waals surface area contributed by atoms with Gasteiger partial charge in [-0.15, -0.1) is 11.8 Å². The number of nitrogens with one attached hydrogen (secondary N) is 1.